The van der Waals surface area contributed by atoms with Gasteiger partial charge in [0.15, 0.2) is 0 Å². The second-order valence-electron chi connectivity index (χ2n) is 5.08. The number of ether oxygens (including phenoxy) is 1. The molecule has 0 heterocycles. The fraction of sp³-hybridized carbons (Fsp3) is 0.533. The average Bonchev–Trinajstić information content (AvgIpc) is 2.36. The molecule has 0 saturated heterocycles. The van der Waals surface area contributed by atoms with Crippen LogP contribution in [0.3, 0.4) is 0 Å². The standard InChI is InChI=1S/C15H22O3/c1-4-5-11-13(16)15(2,3)14(17)18-12-9-7-6-8-10-12/h6-10,13,16H,4-5,11H2,1-3H3. The Morgan fingerprint density at radius 1 is 1.33 bits per heavy atom. The molecular formula is C15H22O3. The first-order valence-electron chi connectivity index (χ1n) is 6.44. The fourth-order valence-electron chi connectivity index (χ4n) is 1.62. The van der Waals surface area contributed by atoms with Gasteiger partial charge >= 0.3 is 5.97 Å². The van der Waals surface area contributed by atoms with Gasteiger partial charge in [0.1, 0.15) is 5.75 Å². The normalized spacial score (nSPS) is 13.1. The van der Waals surface area contributed by atoms with Gasteiger partial charge in [0, 0.05) is 0 Å². The van der Waals surface area contributed by atoms with E-state index < -0.39 is 17.5 Å². The minimum Gasteiger partial charge on any atom is -0.426 e. The van der Waals surface area contributed by atoms with E-state index in [-0.39, 0.29) is 0 Å². The topological polar surface area (TPSA) is 46.5 Å². The lowest BCUT2D eigenvalue weighted by molar-refractivity contribution is -0.150. The van der Waals surface area contributed by atoms with Crippen molar-refractivity contribution in [2.24, 2.45) is 5.41 Å². The van der Waals surface area contributed by atoms with Crippen molar-refractivity contribution in [3.05, 3.63) is 30.3 Å². The zero-order chi connectivity index (χ0) is 13.6. The Morgan fingerprint density at radius 2 is 1.94 bits per heavy atom. The van der Waals surface area contributed by atoms with Crippen LogP contribution in [-0.2, 0) is 4.79 Å². The predicted octanol–water partition coefficient (Wildman–Crippen LogP) is 3.17. The average molecular weight is 250 g/mol. The van der Waals surface area contributed by atoms with Crippen LogP contribution in [0.5, 0.6) is 5.75 Å². The van der Waals surface area contributed by atoms with Gasteiger partial charge < -0.3 is 9.84 Å². The third-order valence-corrected chi connectivity index (χ3v) is 3.14. The number of benzene rings is 1. The van der Waals surface area contributed by atoms with E-state index in [2.05, 4.69) is 6.92 Å². The molecule has 3 heteroatoms. The van der Waals surface area contributed by atoms with Gasteiger partial charge in [0.25, 0.3) is 0 Å². The zero-order valence-electron chi connectivity index (χ0n) is 11.3. The summed E-state index contributed by atoms with van der Waals surface area (Å²) >= 11 is 0. The van der Waals surface area contributed by atoms with Gasteiger partial charge in [-0.1, -0.05) is 38.0 Å². The van der Waals surface area contributed by atoms with Crippen LogP contribution >= 0.6 is 0 Å². The minimum absolute atomic E-state index is 0.391. The smallest absolute Gasteiger partial charge is 0.319 e. The number of rotatable bonds is 6. The van der Waals surface area contributed by atoms with Crippen molar-refractivity contribution >= 4 is 5.97 Å². The van der Waals surface area contributed by atoms with Crippen LogP contribution in [0.25, 0.3) is 0 Å². The molecule has 1 atom stereocenters. The van der Waals surface area contributed by atoms with Crippen LogP contribution in [0.1, 0.15) is 40.0 Å². The largest absolute Gasteiger partial charge is 0.426 e. The number of hydrogen-bond acceptors (Lipinski definition) is 3. The van der Waals surface area contributed by atoms with E-state index in [0.29, 0.717) is 12.2 Å². The van der Waals surface area contributed by atoms with E-state index >= 15 is 0 Å². The second-order valence-corrected chi connectivity index (χ2v) is 5.08. The lowest BCUT2D eigenvalue weighted by atomic mass is 9.84. The fourth-order valence-corrected chi connectivity index (χ4v) is 1.62. The predicted molar refractivity (Wildman–Crippen MR) is 71.4 cm³/mol. The number of para-hydroxylation sites is 1. The van der Waals surface area contributed by atoms with Gasteiger partial charge in [-0.05, 0) is 32.4 Å². The number of aliphatic hydroxyl groups is 1. The Hall–Kier alpha value is -1.35. The molecule has 0 spiro atoms. The molecule has 1 aromatic carbocycles. The molecular weight excluding hydrogens is 228 g/mol. The SMILES string of the molecule is CCCCC(O)C(C)(C)C(=O)Oc1ccccc1. The molecule has 1 N–H and O–H groups in total. The summed E-state index contributed by atoms with van der Waals surface area (Å²) < 4.78 is 5.28. The van der Waals surface area contributed by atoms with Crippen LogP contribution in [-0.4, -0.2) is 17.2 Å². The first kappa shape index (κ1) is 14.7. The van der Waals surface area contributed by atoms with E-state index in [0.717, 1.165) is 12.8 Å². The molecule has 0 amide bonds. The molecule has 0 aliphatic heterocycles. The van der Waals surface area contributed by atoms with Gasteiger partial charge in [-0.15, -0.1) is 0 Å². The summed E-state index contributed by atoms with van der Waals surface area (Å²) in [5, 5.41) is 10.1. The van der Waals surface area contributed by atoms with Crippen LogP contribution in [0, 0.1) is 5.41 Å². The number of unbranched alkanes of at least 4 members (excludes halogenated alkanes) is 1. The third-order valence-electron chi connectivity index (χ3n) is 3.14. The molecule has 0 aliphatic carbocycles. The molecule has 0 bridgehead atoms. The van der Waals surface area contributed by atoms with E-state index in [1.54, 1.807) is 26.0 Å². The Balaban J connectivity index is 2.64. The number of aliphatic hydroxyl groups excluding tert-OH is 1. The van der Waals surface area contributed by atoms with Crippen molar-refractivity contribution in [3.63, 3.8) is 0 Å². The summed E-state index contributed by atoms with van der Waals surface area (Å²) in [6, 6.07) is 8.93. The Labute approximate surface area is 109 Å². The Kier molecular flexibility index (Phi) is 5.35. The summed E-state index contributed by atoms with van der Waals surface area (Å²) in [5.74, 6) is 0.121. The summed E-state index contributed by atoms with van der Waals surface area (Å²) in [7, 11) is 0. The molecule has 0 fully saturated rings. The monoisotopic (exact) mass is 250 g/mol. The summed E-state index contributed by atoms with van der Waals surface area (Å²) in [6.07, 6.45) is 1.85. The molecule has 1 rings (SSSR count). The van der Waals surface area contributed by atoms with E-state index in [4.69, 9.17) is 4.74 Å². The molecule has 1 unspecified atom stereocenters. The first-order valence-corrected chi connectivity index (χ1v) is 6.44. The Bertz CT molecular complexity index is 371. The first-order chi connectivity index (χ1) is 8.48. The lowest BCUT2D eigenvalue weighted by Gasteiger charge is -2.28. The molecule has 1 aromatic rings. The highest BCUT2D eigenvalue weighted by Gasteiger charge is 2.37. The number of carbonyl (C=O) groups excluding carboxylic acids is 1. The maximum atomic E-state index is 12.1. The van der Waals surface area contributed by atoms with Crippen molar-refractivity contribution in [1.29, 1.82) is 0 Å². The molecule has 0 saturated carbocycles. The maximum absolute atomic E-state index is 12.1. The number of hydrogen-bond donors (Lipinski definition) is 1. The second kappa shape index (κ2) is 6.55. The van der Waals surface area contributed by atoms with Gasteiger partial charge in [-0.3, -0.25) is 4.79 Å². The van der Waals surface area contributed by atoms with Crippen molar-refractivity contribution in [2.45, 2.75) is 46.1 Å². The number of carbonyl (C=O) groups is 1. The summed E-state index contributed by atoms with van der Waals surface area (Å²) in [4.78, 5) is 12.1. The lowest BCUT2D eigenvalue weighted by Crippen LogP contribution is -2.40. The molecule has 18 heavy (non-hydrogen) atoms. The molecule has 0 aromatic heterocycles. The van der Waals surface area contributed by atoms with Crippen LogP contribution in [0.4, 0.5) is 0 Å². The van der Waals surface area contributed by atoms with Gasteiger partial charge in [-0.25, -0.2) is 0 Å². The van der Waals surface area contributed by atoms with Crippen LogP contribution in [0.15, 0.2) is 30.3 Å². The highest BCUT2D eigenvalue weighted by molar-refractivity contribution is 5.79. The molecule has 0 aliphatic rings. The quantitative estimate of drug-likeness (QED) is 0.623. The van der Waals surface area contributed by atoms with E-state index in [1.165, 1.54) is 0 Å². The molecule has 0 radical (unpaired) electrons. The highest BCUT2D eigenvalue weighted by atomic mass is 16.5. The summed E-state index contributed by atoms with van der Waals surface area (Å²) in [6.45, 7) is 5.50. The molecule has 3 nitrogen and oxygen atoms in total. The van der Waals surface area contributed by atoms with Crippen LogP contribution in [0.2, 0.25) is 0 Å². The van der Waals surface area contributed by atoms with Gasteiger partial charge in [-0.2, -0.15) is 0 Å². The van der Waals surface area contributed by atoms with Gasteiger partial charge in [0.2, 0.25) is 0 Å². The van der Waals surface area contributed by atoms with E-state index in [1.807, 2.05) is 18.2 Å². The highest BCUT2D eigenvalue weighted by Crippen LogP contribution is 2.27. The third kappa shape index (κ3) is 3.84. The van der Waals surface area contributed by atoms with E-state index in [9.17, 15) is 9.90 Å². The van der Waals surface area contributed by atoms with Crippen molar-refractivity contribution < 1.29 is 14.6 Å². The number of esters is 1. The summed E-state index contributed by atoms with van der Waals surface area (Å²) in [5.41, 5.74) is -0.884. The van der Waals surface area contributed by atoms with Crippen molar-refractivity contribution in [1.82, 2.24) is 0 Å². The maximum Gasteiger partial charge on any atom is 0.319 e. The van der Waals surface area contributed by atoms with Crippen LogP contribution < -0.4 is 4.74 Å². The van der Waals surface area contributed by atoms with Crippen molar-refractivity contribution in [2.75, 3.05) is 0 Å². The zero-order valence-corrected chi connectivity index (χ0v) is 11.3. The minimum atomic E-state index is -0.884. The molecule has 100 valence electrons. The van der Waals surface area contributed by atoms with Gasteiger partial charge in [0.05, 0.1) is 11.5 Å². The Morgan fingerprint density at radius 3 is 2.50 bits per heavy atom. The van der Waals surface area contributed by atoms with Crippen molar-refractivity contribution in [3.8, 4) is 5.75 Å².